The van der Waals surface area contributed by atoms with Crippen LogP contribution < -0.4 is 20.5 Å². The Hall–Kier alpha value is -3.88. The zero-order valence-corrected chi connectivity index (χ0v) is 16.6. The van der Waals surface area contributed by atoms with Gasteiger partial charge in [0.1, 0.15) is 5.54 Å². The molecular formula is C21H22N4O5. The van der Waals surface area contributed by atoms with Gasteiger partial charge in [0.25, 0.3) is 11.8 Å². The molecule has 2 aromatic carbocycles. The molecule has 1 heterocycles. The lowest BCUT2D eigenvalue weighted by Gasteiger charge is -2.24. The Balaban J connectivity index is 1.83. The number of imide groups is 1. The van der Waals surface area contributed by atoms with Crippen LogP contribution in [0.1, 0.15) is 24.5 Å². The van der Waals surface area contributed by atoms with Crippen molar-refractivity contribution >= 4 is 24.1 Å². The van der Waals surface area contributed by atoms with Gasteiger partial charge in [0, 0.05) is 0 Å². The number of nitrogens with zero attached hydrogens (tertiary/aromatic N) is 2. The quantitative estimate of drug-likeness (QED) is 0.507. The molecule has 0 radical (unpaired) electrons. The van der Waals surface area contributed by atoms with Crippen LogP contribution in [-0.2, 0) is 15.1 Å². The number of urea groups is 1. The van der Waals surface area contributed by atoms with E-state index in [9.17, 15) is 14.4 Å². The van der Waals surface area contributed by atoms with E-state index in [4.69, 9.17) is 15.2 Å². The Kier molecular flexibility index (Phi) is 6.01. The molecule has 0 aliphatic carbocycles. The van der Waals surface area contributed by atoms with Crippen molar-refractivity contribution in [3.63, 3.8) is 0 Å². The lowest BCUT2D eigenvalue weighted by atomic mass is 9.87. The normalized spacial score (nSPS) is 18.5. The van der Waals surface area contributed by atoms with Crippen molar-refractivity contribution in [2.75, 3.05) is 13.7 Å². The molecule has 0 aromatic heterocycles. The number of nitrogens with one attached hydrogen (secondary N) is 1. The van der Waals surface area contributed by atoms with Gasteiger partial charge in [0.05, 0.1) is 13.3 Å². The minimum atomic E-state index is -1.15. The fourth-order valence-electron chi connectivity index (χ4n) is 3.19. The first kappa shape index (κ1) is 20.8. The number of benzene rings is 2. The van der Waals surface area contributed by atoms with E-state index in [1.807, 2.05) is 25.1 Å². The predicted octanol–water partition coefficient (Wildman–Crippen LogP) is 1.75. The van der Waals surface area contributed by atoms with E-state index >= 15 is 0 Å². The minimum Gasteiger partial charge on any atom is -0.493 e. The smallest absolute Gasteiger partial charge is 0.346 e. The summed E-state index contributed by atoms with van der Waals surface area (Å²) in [6, 6.07) is 13.3. The summed E-state index contributed by atoms with van der Waals surface area (Å²) in [5.41, 5.74) is 5.18. The van der Waals surface area contributed by atoms with Gasteiger partial charge in [-0.15, -0.1) is 5.01 Å². The van der Waals surface area contributed by atoms with Gasteiger partial charge in [-0.3, -0.25) is 9.59 Å². The van der Waals surface area contributed by atoms with Crippen LogP contribution in [0.5, 0.6) is 11.5 Å². The van der Waals surface area contributed by atoms with Crippen LogP contribution in [0.3, 0.4) is 0 Å². The summed E-state index contributed by atoms with van der Waals surface area (Å²) in [5, 5.41) is 7.66. The van der Waals surface area contributed by atoms with Crippen LogP contribution in [0, 0.1) is 0 Å². The zero-order chi connectivity index (χ0) is 21.7. The minimum absolute atomic E-state index is 0.287. The molecule has 0 bridgehead atoms. The summed E-state index contributed by atoms with van der Waals surface area (Å²) in [6.45, 7) is 1.54. The second kappa shape index (κ2) is 8.64. The second-order valence-electron chi connectivity index (χ2n) is 6.58. The van der Waals surface area contributed by atoms with Gasteiger partial charge < -0.3 is 20.5 Å². The lowest BCUT2D eigenvalue weighted by molar-refractivity contribution is -0.131. The number of ether oxygens (including phenoxy) is 2. The molecule has 2 aromatic rings. The van der Waals surface area contributed by atoms with Gasteiger partial charge in [-0.25, -0.2) is 4.79 Å². The average molecular weight is 410 g/mol. The van der Waals surface area contributed by atoms with Crippen molar-refractivity contribution in [3.05, 3.63) is 59.7 Å². The summed E-state index contributed by atoms with van der Waals surface area (Å²) in [4.78, 5) is 36.4. The van der Waals surface area contributed by atoms with Crippen LogP contribution in [0.25, 0.3) is 0 Å². The van der Waals surface area contributed by atoms with Crippen molar-refractivity contribution in [1.29, 1.82) is 0 Å². The first-order valence-corrected chi connectivity index (χ1v) is 9.26. The summed E-state index contributed by atoms with van der Waals surface area (Å²) >= 11 is 0. The van der Waals surface area contributed by atoms with Gasteiger partial charge in [-0.05, 0) is 35.7 Å². The van der Waals surface area contributed by atoms with Gasteiger partial charge in [0.15, 0.2) is 18.1 Å². The van der Waals surface area contributed by atoms with Crippen LogP contribution in [-0.4, -0.2) is 42.8 Å². The monoisotopic (exact) mass is 410 g/mol. The van der Waals surface area contributed by atoms with Crippen molar-refractivity contribution in [3.8, 4) is 11.5 Å². The number of hydrazone groups is 1. The Labute approximate surface area is 173 Å². The fourth-order valence-corrected chi connectivity index (χ4v) is 3.19. The van der Waals surface area contributed by atoms with Crippen LogP contribution >= 0.6 is 0 Å². The second-order valence-corrected chi connectivity index (χ2v) is 6.58. The molecule has 9 heteroatoms. The first-order chi connectivity index (χ1) is 14.4. The number of carbonyl (C=O) groups excluding carboxylic acids is 3. The van der Waals surface area contributed by atoms with E-state index in [0.29, 0.717) is 29.0 Å². The molecule has 1 saturated heterocycles. The highest BCUT2D eigenvalue weighted by molar-refractivity contribution is 6.07. The maximum atomic E-state index is 13.1. The summed E-state index contributed by atoms with van der Waals surface area (Å²) in [5.74, 6) is -0.382. The highest BCUT2D eigenvalue weighted by Gasteiger charge is 2.51. The molecule has 156 valence electrons. The van der Waals surface area contributed by atoms with Crippen molar-refractivity contribution in [2.24, 2.45) is 10.8 Å². The molecule has 3 rings (SSSR count). The summed E-state index contributed by atoms with van der Waals surface area (Å²) in [7, 11) is 1.44. The Morgan fingerprint density at radius 3 is 2.57 bits per heavy atom. The first-order valence-electron chi connectivity index (χ1n) is 9.26. The van der Waals surface area contributed by atoms with E-state index in [2.05, 4.69) is 10.4 Å². The molecule has 1 aliphatic rings. The molecule has 0 unspecified atom stereocenters. The van der Waals surface area contributed by atoms with Gasteiger partial charge >= 0.3 is 6.03 Å². The van der Waals surface area contributed by atoms with E-state index < -0.39 is 23.4 Å². The molecule has 1 atom stereocenters. The molecule has 9 nitrogen and oxygen atoms in total. The molecule has 3 N–H and O–H groups in total. The fraction of sp³-hybridized carbons (Fsp3) is 0.238. The number of hydrogen-bond acceptors (Lipinski definition) is 6. The number of methoxy groups -OCH3 is 1. The Morgan fingerprint density at radius 1 is 1.20 bits per heavy atom. The molecule has 0 saturated carbocycles. The third-order valence-corrected chi connectivity index (χ3v) is 4.75. The molecule has 30 heavy (non-hydrogen) atoms. The summed E-state index contributed by atoms with van der Waals surface area (Å²) < 4.78 is 10.5. The standard InChI is InChI=1S/C21H22N4O5/c1-3-21(15-7-5-4-6-8-15)19(27)25(20(28)24-21)23-12-14-9-10-16(17(11-14)29-2)30-13-18(22)26/h4-12H,3,13H2,1-2H3,(H2,22,26)(H,24,28)/b23-12-/t21-/m0/s1. The van der Waals surface area contributed by atoms with Crippen molar-refractivity contribution in [2.45, 2.75) is 18.9 Å². The highest BCUT2D eigenvalue weighted by Crippen LogP contribution is 2.32. The molecule has 1 aliphatic heterocycles. The van der Waals surface area contributed by atoms with E-state index in [-0.39, 0.29) is 6.61 Å². The molecule has 1 fully saturated rings. The Bertz CT molecular complexity index is 992. The number of hydrogen-bond donors (Lipinski definition) is 2. The molecular weight excluding hydrogens is 388 g/mol. The SMILES string of the molecule is CC[C@@]1(c2ccccc2)NC(=O)N(/N=C\c2ccc(OCC(N)=O)c(OC)c2)C1=O. The zero-order valence-electron chi connectivity index (χ0n) is 16.6. The number of amides is 4. The maximum absolute atomic E-state index is 13.1. The number of rotatable bonds is 8. The van der Waals surface area contributed by atoms with Crippen molar-refractivity contribution < 1.29 is 23.9 Å². The predicted molar refractivity (Wildman–Crippen MR) is 109 cm³/mol. The average Bonchev–Trinajstić information content (AvgIpc) is 3.01. The van der Waals surface area contributed by atoms with Crippen LogP contribution in [0.2, 0.25) is 0 Å². The highest BCUT2D eigenvalue weighted by atomic mass is 16.5. The topological polar surface area (TPSA) is 123 Å². The Morgan fingerprint density at radius 2 is 1.93 bits per heavy atom. The third-order valence-electron chi connectivity index (χ3n) is 4.75. The lowest BCUT2D eigenvalue weighted by Crippen LogP contribution is -2.43. The number of nitrogens with two attached hydrogens (primary N) is 1. The van der Waals surface area contributed by atoms with Gasteiger partial charge in [0.2, 0.25) is 0 Å². The van der Waals surface area contributed by atoms with E-state index in [0.717, 1.165) is 5.01 Å². The molecule has 4 amide bonds. The number of carbonyl (C=O) groups is 3. The van der Waals surface area contributed by atoms with Gasteiger partial charge in [-0.2, -0.15) is 5.10 Å². The van der Waals surface area contributed by atoms with Gasteiger partial charge in [-0.1, -0.05) is 37.3 Å². The number of primary amides is 1. The van der Waals surface area contributed by atoms with Crippen molar-refractivity contribution in [1.82, 2.24) is 10.3 Å². The molecule has 0 spiro atoms. The van der Waals surface area contributed by atoms with Crippen LogP contribution in [0.15, 0.2) is 53.6 Å². The third kappa shape index (κ3) is 3.95. The van der Waals surface area contributed by atoms with E-state index in [1.54, 1.807) is 30.3 Å². The van der Waals surface area contributed by atoms with E-state index in [1.165, 1.54) is 13.3 Å². The summed E-state index contributed by atoms with van der Waals surface area (Å²) in [6.07, 6.45) is 1.75. The maximum Gasteiger partial charge on any atom is 0.346 e. The largest absolute Gasteiger partial charge is 0.493 e. The van der Waals surface area contributed by atoms with Crippen LogP contribution in [0.4, 0.5) is 4.79 Å².